The summed E-state index contributed by atoms with van der Waals surface area (Å²) in [5.41, 5.74) is 0.294. The van der Waals surface area contributed by atoms with Crippen LogP contribution in [0.4, 0.5) is 5.69 Å². The molecule has 1 amide bonds. The fraction of sp³-hybridized carbons (Fsp3) is 0.417. The highest BCUT2D eigenvalue weighted by Gasteiger charge is 2.26. The van der Waals surface area contributed by atoms with E-state index < -0.39 is 9.84 Å². The van der Waals surface area contributed by atoms with Gasteiger partial charge in [-0.15, -0.1) is 0 Å². The van der Waals surface area contributed by atoms with Crippen molar-refractivity contribution in [1.82, 2.24) is 5.32 Å². The molecule has 110 valence electrons. The topological polar surface area (TPSA) is 95.5 Å². The number of amides is 1. The number of carbonyl (C=O) groups excluding carboxylic acids is 1. The van der Waals surface area contributed by atoms with Crippen LogP contribution in [0.1, 0.15) is 6.42 Å². The molecule has 3 N–H and O–H groups in total. The van der Waals surface area contributed by atoms with E-state index in [9.17, 15) is 18.3 Å². The van der Waals surface area contributed by atoms with Crippen LogP contribution in [-0.2, 0) is 14.6 Å². The maximum absolute atomic E-state index is 11.9. The number of halogens is 1. The third-order valence-corrected chi connectivity index (χ3v) is 5.37. The second-order valence-electron chi connectivity index (χ2n) is 4.65. The number of hydrogen-bond acceptors (Lipinski definition) is 5. The van der Waals surface area contributed by atoms with Crippen LogP contribution >= 0.6 is 15.9 Å². The number of para-hydroxylation sites is 1. The van der Waals surface area contributed by atoms with Gasteiger partial charge in [-0.3, -0.25) is 4.79 Å². The lowest BCUT2D eigenvalue weighted by Gasteiger charge is -2.23. The molecule has 1 aromatic carbocycles. The van der Waals surface area contributed by atoms with Crippen molar-refractivity contribution in [3.8, 4) is 5.75 Å². The number of aromatic hydroxyl groups is 1. The van der Waals surface area contributed by atoms with Crippen LogP contribution in [0.15, 0.2) is 22.7 Å². The number of phenols is 1. The van der Waals surface area contributed by atoms with Gasteiger partial charge in [-0.2, -0.15) is 0 Å². The third-order valence-electron chi connectivity index (χ3n) is 2.99. The van der Waals surface area contributed by atoms with Crippen molar-refractivity contribution in [2.24, 2.45) is 0 Å². The first-order valence-electron chi connectivity index (χ1n) is 6.08. The summed E-state index contributed by atoms with van der Waals surface area (Å²) in [6.45, 7) is 0.364. The second-order valence-corrected chi connectivity index (χ2v) is 7.74. The van der Waals surface area contributed by atoms with E-state index in [0.29, 0.717) is 16.7 Å². The Bertz CT molecular complexity index is 618. The molecule has 0 spiro atoms. The summed E-state index contributed by atoms with van der Waals surface area (Å²) in [5.74, 6) is -0.319. The van der Waals surface area contributed by atoms with Crippen LogP contribution in [0, 0.1) is 0 Å². The van der Waals surface area contributed by atoms with Gasteiger partial charge in [0.15, 0.2) is 15.6 Å². The van der Waals surface area contributed by atoms with Crippen molar-refractivity contribution in [2.45, 2.75) is 12.5 Å². The summed E-state index contributed by atoms with van der Waals surface area (Å²) in [5, 5.41) is 15.3. The predicted octanol–water partition coefficient (Wildman–Crippen LogP) is 0.870. The Morgan fingerprint density at radius 3 is 2.95 bits per heavy atom. The molecule has 6 nitrogen and oxygen atoms in total. The third kappa shape index (κ3) is 3.94. The monoisotopic (exact) mass is 362 g/mol. The Kier molecular flexibility index (Phi) is 4.66. The van der Waals surface area contributed by atoms with Gasteiger partial charge < -0.3 is 15.7 Å². The molecule has 0 aromatic heterocycles. The van der Waals surface area contributed by atoms with E-state index in [1.807, 2.05) is 0 Å². The molecule has 1 atom stereocenters. The molecule has 0 bridgehead atoms. The van der Waals surface area contributed by atoms with Crippen LogP contribution in [0.3, 0.4) is 0 Å². The smallest absolute Gasteiger partial charge is 0.226 e. The van der Waals surface area contributed by atoms with Gasteiger partial charge in [0.05, 0.1) is 21.7 Å². The van der Waals surface area contributed by atoms with Gasteiger partial charge in [0, 0.05) is 19.0 Å². The fourth-order valence-electron chi connectivity index (χ4n) is 2.04. The number of anilines is 1. The van der Waals surface area contributed by atoms with Gasteiger partial charge in [-0.05, 0) is 28.1 Å². The summed E-state index contributed by atoms with van der Waals surface area (Å²) in [6.07, 6.45) is 0.0468. The zero-order valence-corrected chi connectivity index (χ0v) is 13.0. The van der Waals surface area contributed by atoms with Crippen molar-refractivity contribution >= 4 is 37.4 Å². The Balaban J connectivity index is 1.97. The molecule has 1 aromatic rings. The van der Waals surface area contributed by atoms with Gasteiger partial charge >= 0.3 is 0 Å². The highest BCUT2D eigenvalue weighted by molar-refractivity contribution is 9.10. The van der Waals surface area contributed by atoms with Crippen molar-refractivity contribution < 1.29 is 18.3 Å². The minimum Gasteiger partial charge on any atom is -0.505 e. The average molecular weight is 363 g/mol. The van der Waals surface area contributed by atoms with Crippen LogP contribution in [0.25, 0.3) is 0 Å². The van der Waals surface area contributed by atoms with E-state index in [2.05, 4.69) is 26.6 Å². The minimum atomic E-state index is -3.06. The Morgan fingerprint density at radius 2 is 2.25 bits per heavy atom. The molecule has 0 aliphatic carbocycles. The lowest BCUT2D eigenvalue weighted by molar-refractivity contribution is -0.116. The maximum atomic E-state index is 11.9. The molecule has 1 aliphatic rings. The average Bonchev–Trinajstić information content (AvgIpc) is 2.33. The molecule has 0 saturated carbocycles. The lowest BCUT2D eigenvalue weighted by Crippen LogP contribution is -2.46. The highest BCUT2D eigenvalue weighted by Crippen LogP contribution is 2.31. The van der Waals surface area contributed by atoms with Crippen LogP contribution < -0.4 is 10.6 Å². The fourth-order valence-corrected chi connectivity index (χ4v) is 3.85. The first kappa shape index (κ1) is 15.3. The molecular weight excluding hydrogens is 348 g/mol. The van der Waals surface area contributed by atoms with Crippen molar-refractivity contribution in [3.05, 3.63) is 22.7 Å². The zero-order chi connectivity index (χ0) is 14.8. The molecule has 8 heteroatoms. The number of sulfone groups is 1. The largest absolute Gasteiger partial charge is 0.505 e. The van der Waals surface area contributed by atoms with Gasteiger partial charge in [0.2, 0.25) is 5.91 Å². The van der Waals surface area contributed by atoms with Crippen LogP contribution in [-0.4, -0.2) is 43.5 Å². The molecule has 1 heterocycles. The van der Waals surface area contributed by atoms with E-state index in [1.54, 1.807) is 18.2 Å². The van der Waals surface area contributed by atoms with E-state index in [4.69, 9.17) is 0 Å². The quantitative estimate of drug-likeness (QED) is 0.693. The molecule has 2 rings (SSSR count). The van der Waals surface area contributed by atoms with E-state index >= 15 is 0 Å². The first-order valence-corrected chi connectivity index (χ1v) is 8.70. The van der Waals surface area contributed by atoms with Gasteiger partial charge in [-0.25, -0.2) is 8.42 Å². The number of phenolic OH excluding ortho intramolecular Hbond substituents is 1. The molecule has 0 radical (unpaired) electrons. The Labute approximate surface area is 125 Å². The normalized spacial score (nSPS) is 21.4. The van der Waals surface area contributed by atoms with Crippen LogP contribution in [0.5, 0.6) is 5.75 Å². The standard InChI is InChI=1S/C12H15BrN2O4S/c13-9-2-1-3-10(12(9)17)15-11(16)6-8-7-20(18,19)5-4-14-8/h1-3,8,14,17H,4-7H2,(H,15,16). The summed E-state index contributed by atoms with van der Waals surface area (Å²) < 4.78 is 23.4. The summed E-state index contributed by atoms with van der Waals surface area (Å²) in [7, 11) is -3.06. The molecule has 1 saturated heterocycles. The van der Waals surface area contributed by atoms with Crippen molar-refractivity contribution in [3.63, 3.8) is 0 Å². The SMILES string of the molecule is O=C(CC1CS(=O)(=O)CCN1)Nc1cccc(Br)c1O. The zero-order valence-electron chi connectivity index (χ0n) is 10.6. The summed E-state index contributed by atoms with van der Waals surface area (Å²) in [4.78, 5) is 11.9. The van der Waals surface area contributed by atoms with Crippen molar-refractivity contribution in [2.75, 3.05) is 23.4 Å². The molecular formula is C12H15BrN2O4S. The first-order chi connectivity index (χ1) is 9.37. The van der Waals surface area contributed by atoms with E-state index in [1.165, 1.54) is 0 Å². The predicted molar refractivity (Wildman–Crippen MR) is 79.5 cm³/mol. The number of hydrogen-bond donors (Lipinski definition) is 3. The summed E-state index contributed by atoms with van der Waals surface area (Å²) >= 11 is 3.16. The Morgan fingerprint density at radius 1 is 1.50 bits per heavy atom. The van der Waals surface area contributed by atoms with E-state index in [0.717, 1.165) is 0 Å². The maximum Gasteiger partial charge on any atom is 0.226 e. The number of nitrogens with one attached hydrogen (secondary N) is 2. The van der Waals surface area contributed by atoms with Gasteiger partial charge in [0.1, 0.15) is 0 Å². The highest BCUT2D eigenvalue weighted by atomic mass is 79.9. The lowest BCUT2D eigenvalue weighted by atomic mass is 10.2. The number of carbonyl (C=O) groups is 1. The molecule has 1 unspecified atom stereocenters. The summed E-state index contributed by atoms with van der Waals surface area (Å²) in [6, 6.07) is 4.52. The van der Waals surface area contributed by atoms with Crippen molar-refractivity contribution in [1.29, 1.82) is 0 Å². The molecule has 1 aliphatic heterocycles. The van der Waals surface area contributed by atoms with E-state index in [-0.39, 0.29) is 35.6 Å². The van der Waals surface area contributed by atoms with Gasteiger partial charge in [0.25, 0.3) is 0 Å². The second kappa shape index (κ2) is 6.11. The number of benzene rings is 1. The Hall–Kier alpha value is -1.12. The van der Waals surface area contributed by atoms with Crippen LogP contribution in [0.2, 0.25) is 0 Å². The minimum absolute atomic E-state index is 0.0368. The molecule has 20 heavy (non-hydrogen) atoms. The number of rotatable bonds is 3. The molecule has 1 fully saturated rings. The van der Waals surface area contributed by atoms with Gasteiger partial charge in [-0.1, -0.05) is 6.07 Å².